The molecule has 0 aliphatic rings. The Kier molecular flexibility index (Phi) is 7.69. The van der Waals surface area contributed by atoms with Crippen LogP contribution in [-0.4, -0.2) is 43.4 Å². The minimum Gasteiger partial charge on any atom is -0.354 e. The van der Waals surface area contributed by atoms with Crippen LogP contribution in [0.4, 0.5) is 0 Å². The Morgan fingerprint density at radius 3 is 2.17 bits per heavy atom. The molecule has 0 aliphatic carbocycles. The standard InChI is InChI=1S/C11H22N4O3/c1-7(2)5-14-11(18)8(3)15-10(17)6-13-9(16)4-12/h7-8H,4-6,12H2,1-3H3,(H,13,16)(H,14,18)(H,15,17). The second-order valence-electron chi connectivity index (χ2n) is 4.41. The number of nitrogens with two attached hydrogens (primary N) is 1. The normalized spacial score (nSPS) is 11.8. The van der Waals surface area contributed by atoms with Crippen LogP contribution in [0.5, 0.6) is 0 Å². The fraction of sp³-hybridized carbons (Fsp3) is 0.727. The van der Waals surface area contributed by atoms with Crippen molar-refractivity contribution in [3.05, 3.63) is 0 Å². The highest BCUT2D eigenvalue weighted by Crippen LogP contribution is 1.89. The molecule has 3 amide bonds. The van der Waals surface area contributed by atoms with E-state index in [1.165, 1.54) is 0 Å². The van der Waals surface area contributed by atoms with Gasteiger partial charge in [-0.1, -0.05) is 13.8 Å². The van der Waals surface area contributed by atoms with Crippen molar-refractivity contribution >= 4 is 17.7 Å². The maximum Gasteiger partial charge on any atom is 0.242 e. The number of nitrogens with one attached hydrogen (secondary N) is 3. The van der Waals surface area contributed by atoms with Crippen molar-refractivity contribution in [2.45, 2.75) is 26.8 Å². The molecule has 0 radical (unpaired) electrons. The predicted octanol–water partition coefficient (Wildman–Crippen LogP) is -1.66. The molecule has 7 heteroatoms. The van der Waals surface area contributed by atoms with Gasteiger partial charge in [0.05, 0.1) is 13.1 Å². The van der Waals surface area contributed by atoms with E-state index in [2.05, 4.69) is 16.0 Å². The zero-order chi connectivity index (χ0) is 14.1. The summed E-state index contributed by atoms with van der Waals surface area (Å²) in [6.45, 7) is 5.74. The molecular formula is C11H22N4O3. The van der Waals surface area contributed by atoms with Gasteiger partial charge in [-0.2, -0.15) is 0 Å². The molecule has 0 aromatic heterocycles. The van der Waals surface area contributed by atoms with E-state index in [9.17, 15) is 14.4 Å². The van der Waals surface area contributed by atoms with E-state index >= 15 is 0 Å². The maximum atomic E-state index is 11.5. The number of carbonyl (C=O) groups is 3. The molecule has 7 nitrogen and oxygen atoms in total. The second kappa shape index (κ2) is 8.46. The van der Waals surface area contributed by atoms with E-state index in [0.29, 0.717) is 12.5 Å². The highest BCUT2D eigenvalue weighted by atomic mass is 16.2. The topological polar surface area (TPSA) is 113 Å². The molecule has 1 unspecified atom stereocenters. The molecule has 0 rings (SSSR count). The maximum absolute atomic E-state index is 11.5. The number of hydrogen-bond donors (Lipinski definition) is 4. The quantitative estimate of drug-likeness (QED) is 0.437. The first-order valence-corrected chi connectivity index (χ1v) is 5.90. The molecule has 0 saturated carbocycles. The molecule has 1 atom stereocenters. The Morgan fingerprint density at radius 1 is 1.06 bits per heavy atom. The Morgan fingerprint density at radius 2 is 1.67 bits per heavy atom. The molecule has 0 aromatic carbocycles. The van der Waals surface area contributed by atoms with E-state index in [0.717, 1.165) is 0 Å². The predicted molar refractivity (Wildman–Crippen MR) is 67.5 cm³/mol. The highest BCUT2D eigenvalue weighted by molar-refractivity contribution is 5.90. The van der Waals surface area contributed by atoms with Gasteiger partial charge in [-0.05, 0) is 12.8 Å². The highest BCUT2D eigenvalue weighted by Gasteiger charge is 2.15. The van der Waals surface area contributed by atoms with Gasteiger partial charge in [0.15, 0.2) is 0 Å². The fourth-order valence-electron chi connectivity index (χ4n) is 1.07. The van der Waals surface area contributed by atoms with Gasteiger partial charge < -0.3 is 21.7 Å². The average molecular weight is 258 g/mol. The molecule has 0 saturated heterocycles. The van der Waals surface area contributed by atoms with Crippen LogP contribution in [0.1, 0.15) is 20.8 Å². The SMILES string of the molecule is CC(C)CNC(=O)C(C)NC(=O)CNC(=O)CN. The van der Waals surface area contributed by atoms with Crippen LogP contribution in [0.3, 0.4) is 0 Å². The van der Waals surface area contributed by atoms with Gasteiger partial charge in [-0.3, -0.25) is 14.4 Å². The summed E-state index contributed by atoms with van der Waals surface area (Å²) in [6.07, 6.45) is 0. The van der Waals surface area contributed by atoms with Gasteiger partial charge in [0.2, 0.25) is 17.7 Å². The third-order valence-electron chi connectivity index (χ3n) is 2.09. The van der Waals surface area contributed by atoms with Gasteiger partial charge in [-0.15, -0.1) is 0 Å². The molecule has 0 spiro atoms. The molecule has 0 fully saturated rings. The van der Waals surface area contributed by atoms with Crippen molar-refractivity contribution in [1.82, 2.24) is 16.0 Å². The minimum absolute atomic E-state index is 0.169. The Labute approximate surface area is 107 Å². The molecule has 0 heterocycles. The van der Waals surface area contributed by atoms with Crippen LogP contribution in [0.2, 0.25) is 0 Å². The lowest BCUT2D eigenvalue weighted by atomic mass is 10.2. The van der Waals surface area contributed by atoms with Crippen molar-refractivity contribution in [3.8, 4) is 0 Å². The van der Waals surface area contributed by atoms with E-state index in [-0.39, 0.29) is 19.0 Å². The number of amides is 3. The summed E-state index contributed by atoms with van der Waals surface area (Å²) in [7, 11) is 0. The van der Waals surface area contributed by atoms with Crippen molar-refractivity contribution in [2.75, 3.05) is 19.6 Å². The van der Waals surface area contributed by atoms with Crippen LogP contribution in [0, 0.1) is 5.92 Å². The largest absolute Gasteiger partial charge is 0.354 e. The van der Waals surface area contributed by atoms with Gasteiger partial charge in [-0.25, -0.2) is 0 Å². The zero-order valence-corrected chi connectivity index (χ0v) is 11.1. The molecular weight excluding hydrogens is 236 g/mol. The van der Waals surface area contributed by atoms with E-state index in [1.807, 2.05) is 13.8 Å². The monoisotopic (exact) mass is 258 g/mol. The van der Waals surface area contributed by atoms with Gasteiger partial charge in [0.1, 0.15) is 6.04 Å². The van der Waals surface area contributed by atoms with Crippen molar-refractivity contribution in [2.24, 2.45) is 11.7 Å². The number of hydrogen-bond acceptors (Lipinski definition) is 4. The summed E-state index contributed by atoms with van der Waals surface area (Å²) in [5.74, 6) is -0.742. The zero-order valence-electron chi connectivity index (χ0n) is 11.1. The number of carbonyl (C=O) groups excluding carboxylic acids is 3. The summed E-state index contributed by atoms with van der Waals surface area (Å²) >= 11 is 0. The summed E-state index contributed by atoms with van der Waals surface area (Å²) in [5, 5.41) is 7.50. The van der Waals surface area contributed by atoms with Crippen LogP contribution >= 0.6 is 0 Å². The summed E-state index contributed by atoms with van der Waals surface area (Å²) in [6, 6.07) is -0.633. The molecule has 0 bridgehead atoms. The van der Waals surface area contributed by atoms with Crippen LogP contribution in [-0.2, 0) is 14.4 Å². The summed E-state index contributed by atoms with van der Waals surface area (Å²) in [5.41, 5.74) is 5.07. The smallest absolute Gasteiger partial charge is 0.242 e. The molecule has 0 aliphatic heterocycles. The molecule has 104 valence electrons. The van der Waals surface area contributed by atoms with Gasteiger partial charge in [0.25, 0.3) is 0 Å². The van der Waals surface area contributed by atoms with E-state index < -0.39 is 17.9 Å². The van der Waals surface area contributed by atoms with Crippen molar-refractivity contribution in [3.63, 3.8) is 0 Å². The Bertz CT molecular complexity index is 305. The Hall–Kier alpha value is -1.63. The van der Waals surface area contributed by atoms with Crippen molar-refractivity contribution < 1.29 is 14.4 Å². The lowest BCUT2D eigenvalue weighted by Gasteiger charge is -2.15. The average Bonchev–Trinajstić information content (AvgIpc) is 2.32. The lowest BCUT2D eigenvalue weighted by Crippen LogP contribution is -2.48. The molecule has 18 heavy (non-hydrogen) atoms. The molecule has 5 N–H and O–H groups in total. The second-order valence-corrected chi connectivity index (χ2v) is 4.41. The number of rotatable bonds is 7. The Balaban J connectivity index is 3.92. The van der Waals surface area contributed by atoms with Gasteiger partial charge >= 0.3 is 0 Å². The first-order valence-electron chi connectivity index (χ1n) is 5.90. The first kappa shape index (κ1) is 16.4. The van der Waals surface area contributed by atoms with Crippen molar-refractivity contribution in [1.29, 1.82) is 0 Å². The van der Waals surface area contributed by atoms with E-state index in [1.54, 1.807) is 6.92 Å². The minimum atomic E-state index is -0.633. The van der Waals surface area contributed by atoms with Gasteiger partial charge in [0, 0.05) is 6.54 Å². The van der Waals surface area contributed by atoms with Crippen LogP contribution < -0.4 is 21.7 Å². The van der Waals surface area contributed by atoms with Crippen LogP contribution in [0.15, 0.2) is 0 Å². The first-order chi connectivity index (χ1) is 8.36. The third-order valence-corrected chi connectivity index (χ3v) is 2.09. The third kappa shape index (κ3) is 7.61. The summed E-state index contributed by atoms with van der Waals surface area (Å²) < 4.78 is 0. The summed E-state index contributed by atoms with van der Waals surface area (Å²) in [4.78, 5) is 33.7. The lowest BCUT2D eigenvalue weighted by molar-refractivity contribution is -0.129. The van der Waals surface area contributed by atoms with Crippen LogP contribution in [0.25, 0.3) is 0 Å². The van der Waals surface area contributed by atoms with E-state index in [4.69, 9.17) is 5.73 Å². The molecule has 0 aromatic rings. The fourth-order valence-corrected chi connectivity index (χ4v) is 1.07.